The smallest absolute Gasteiger partial charge is 0.257 e. The molecule has 0 spiro atoms. The van der Waals surface area contributed by atoms with E-state index in [4.69, 9.17) is 0 Å². The number of hydrogen-bond acceptors (Lipinski definition) is 1. The van der Waals surface area contributed by atoms with Gasteiger partial charge in [-0.15, -0.1) is 0 Å². The van der Waals surface area contributed by atoms with Crippen molar-refractivity contribution in [3.05, 3.63) is 59.8 Å². The van der Waals surface area contributed by atoms with Crippen molar-refractivity contribution in [1.29, 1.82) is 0 Å². The van der Waals surface area contributed by atoms with Crippen LogP contribution in [0, 0.1) is 0 Å². The normalized spacial score (nSPS) is 12.5. The molecule has 0 unspecified atom stereocenters. The maximum atomic E-state index is 12.4. The topological polar surface area (TPSA) is 22.0 Å². The number of aryl methyl sites for hydroxylation is 1. The highest BCUT2D eigenvalue weighted by Gasteiger charge is 2.11. The molecular weight excluding hydrogens is 234 g/mol. The van der Waals surface area contributed by atoms with Crippen molar-refractivity contribution in [3.8, 4) is 0 Å². The van der Waals surface area contributed by atoms with Crippen LogP contribution in [0.25, 0.3) is 10.9 Å². The number of benzene rings is 1. The van der Waals surface area contributed by atoms with Crippen LogP contribution in [0.3, 0.4) is 0 Å². The summed E-state index contributed by atoms with van der Waals surface area (Å²) in [7, 11) is 0. The van der Waals surface area contributed by atoms with Gasteiger partial charge in [0.1, 0.15) is 0 Å². The van der Waals surface area contributed by atoms with Gasteiger partial charge in [-0.25, -0.2) is 0 Å². The van der Waals surface area contributed by atoms with Crippen LogP contribution >= 0.6 is 0 Å². The third-order valence-electron chi connectivity index (χ3n) is 3.30. The molecule has 98 valence electrons. The summed E-state index contributed by atoms with van der Waals surface area (Å²) in [4.78, 5) is 12.4. The number of carbonyl (C=O) groups excluding carboxylic acids is 1. The predicted molar refractivity (Wildman–Crippen MR) is 80.5 cm³/mol. The molecule has 0 N–H and O–H groups in total. The van der Waals surface area contributed by atoms with Crippen LogP contribution in [-0.2, 0) is 6.42 Å². The first-order valence-electron chi connectivity index (χ1n) is 6.62. The van der Waals surface area contributed by atoms with Crippen LogP contribution in [0.4, 0.5) is 0 Å². The van der Waals surface area contributed by atoms with Gasteiger partial charge in [-0.05, 0) is 38.0 Å². The van der Waals surface area contributed by atoms with Gasteiger partial charge in [0.05, 0.1) is 5.52 Å². The lowest BCUT2D eigenvalue weighted by Crippen LogP contribution is -2.10. The standard InChI is InChI=1S/C17H19NO/c1-4-6-8-13(3)17(19)18-12-11-15-14(5-2)9-7-10-16(15)18/h4,6-12H,5H2,1-3H3/b6-4-,13-8+. The van der Waals surface area contributed by atoms with Gasteiger partial charge in [0.2, 0.25) is 0 Å². The Hall–Kier alpha value is -2.09. The minimum absolute atomic E-state index is 0.0290. The van der Waals surface area contributed by atoms with E-state index in [0.29, 0.717) is 0 Å². The first kappa shape index (κ1) is 13.3. The number of aromatic nitrogens is 1. The average Bonchev–Trinajstić information content (AvgIpc) is 2.87. The van der Waals surface area contributed by atoms with Crippen LogP contribution < -0.4 is 0 Å². The van der Waals surface area contributed by atoms with E-state index in [9.17, 15) is 4.79 Å². The molecule has 1 aromatic heterocycles. The Labute approximate surface area is 114 Å². The lowest BCUT2D eigenvalue weighted by Gasteiger charge is -2.05. The van der Waals surface area contributed by atoms with Gasteiger partial charge in [-0.2, -0.15) is 0 Å². The van der Waals surface area contributed by atoms with Gasteiger partial charge in [0.15, 0.2) is 0 Å². The van der Waals surface area contributed by atoms with Crippen molar-refractivity contribution in [2.24, 2.45) is 0 Å². The van der Waals surface area contributed by atoms with Gasteiger partial charge < -0.3 is 0 Å². The van der Waals surface area contributed by atoms with Crippen molar-refractivity contribution in [2.45, 2.75) is 27.2 Å². The molecule has 2 rings (SSSR count). The first-order valence-corrected chi connectivity index (χ1v) is 6.62. The highest BCUT2D eigenvalue weighted by atomic mass is 16.2. The van der Waals surface area contributed by atoms with Crippen LogP contribution in [0.15, 0.2) is 54.3 Å². The van der Waals surface area contributed by atoms with E-state index in [-0.39, 0.29) is 5.91 Å². The van der Waals surface area contributed by atoms with Gasteiger partial charge >= 0.3 is 0 Å². The third kappa shape index (κ3) is 2.53. The van der Waals surface area contributed by atoms with Crippen LogP contribution in [0.2, 0.25) is 0 Å². The SMILES string of the molecule is C/C=C\C=C(/C)C(=O)n1ccc2c(CC)cccc21. The van der Waals surface area contributed by atoms with Crippen LogP contribution in [0.5, 0.6) is 0 Å². The Morgan fingerprint density at radius 1 is 1.32 bits per heavy atom. The molecule has 0 bridgehead atoms. The van der Waals surface area contributed by atoms with Gasteiger partial charge in [0, 0.05) is 17.2 Å². The van der Waals surface area contributed by atoms with E-state index >= 15 is 0 Å². The lowest BCUT2D eigenvalue weighted by atomic mass is 10.1. The Bertz CT molecular complexity index is 659. The molecule has 0 fully saturated rings. The lowest BCUT2D eigenvalue weighted by molar-refractivity contribution is 0.0960. The monoisotopic (exact) mass is 253 g/mol. The summed E-state index contributed by atoms with van der Waals surface area (Å²) in [6, 6.07) is 8.14. The van der Waals surface area contributed by atoms with Gasteiger partial charge in [-0.3, -0.25) is 9.36 Å². The zero-order chi connectivity index (χ0) is 13.8. The number of fused-ring (bicyclic) bond motifs is 1. The van der Waals surface area contributed by atoms with E-state index in [1.165, 1.54) is 5.56 Å². The highest BCUT2D eigenvalue weighted by molar-refractivity contribution is 6.02. The number of rotatable bonds is 3. The summed E-state index contributed by atoms with van der Waals surface area (Å²) >= 11 is 0. The minimum Gasteiger partial charge on any atom is -0.283 e. The molecule has 0 aliphatic carbocycles. The molecule has 2 nitrogen and oxygen atoms in total. The fourth-order valence-electron chi connectivity index (χ4n) is 2.22. The van der Waals surface area contributed by atoms with E-state index < -0.39 is 0 Å². The molecule has 2 heteroatoms. The average molecular weight is 253 g/mol. The van der Waals surface area contributed by atoms with Crippen molar-refractivity contribution >= 4 is 16.8 Å². The summed E-state index contributed by atoms with van der Waals surface area (Å²) in [5.41, 5.74) is 2.99. The molecule has 0 aliphatic rings. The van der Waals surface area contributed by atoms with Gasteiger partial charge in [0.25, 0.3) is 5.91 Å². The van der Waals surface area contributed by atoms with E-state index in [1.54, 1.807) is 4.57 Å². The van der Waals surface area contributed by atoms with Crippen molar-refractivity contribution in [1.82, 2.24) is 4.57 Å². The largest absolute Gasteiger partial charge is 0.283 e. The van der Waals surface area contributed by atoms with E-state index in [0.717, 1.165) is 22.9 Å². The van der Waals surface area contributed by atoms with Crippen molar-refractivity contribution < 1.29 is 4.79 Å². The second-order valence-corrected chi connectivity index (χ2v) is 4.57. The summed E-state index contributed by atoms with van der Waals surface area (Å²) in [6.07, 6.45) is 8.48. The zero-order valence-corrected chi connectivity index (χ0v) is 11.7. The molecular formula is C17H19NO. The molecule has 0 atom stereocenters. The van der Waals surface area contributed by atoms with E-state index in [1.807, 2.05) is 56.5 Å². The summed E-state index contributed by atoms with van der Waals surface area (Å²) in [6.45, 7) is 5.91. The second kappa shape index (κ2) is 5.70. The molecule has 0 radical (unpaired) electrons. The number of carbonyl (C=O) groups is 1. The highest BCUT2D eigenvalue weighted by Crippen LogP contribution is 2.21. The summed E-state index contributed by atoms with van der Waals surface area (Å²) < 4.78 is 1.73. The molecule has 0 saturated carbocycles. The molecule has 19 heavy (non-hydrogen) atoms. The number of allylic oxidation sites excluding steroid dienone is 4. The quantitative estimate of drug-likeness (QED) is 0.588. The summed E-state index contributed by atoms with van der Waals surface area (Å²) in [5, 5.41) is 1.16. The molecule has 1 heterocycles. The predicted octanol–water partition coefficient (Wildman–Crippen LogP) is 4.37. The maximum absolute atomic E-state index is 12.4. The molecule has 0 saturated heterocycles. The van der Waals surface area contributed by atoms with Crippen molar-refractivity contribution in [3.63, 3.8) is 0 Å². The molecule has 0 aliphatic heterocycles. The maximum Gasteiger partial charge on any atom is 0.257 e. The summed E-state index contributed by atoms with van der Waals surface area (Å²) in [5.74, 6) is 0.0290. The third-order valence-corrected chi connectivity index (χ3v) is 3.30. The zero-order valence-electron chi connectivity index (χ0n) is 11.7. The molecule has 1 aromatic carbocycles. The molecule has 2 aromatic rings. The minimum atomic E-state index is 0.0290. The van der Waals surface area contributed by atoms with E-state index in [2.05, 4.69) is 13.0 Å². The number of hydrogen-bond donors (Lipinski definition) is 0. The fourth-order valence-corrected chi connectivity index (χ4v) is 2.22. The first-order chi connectivity index (χ1) is 9.19. The molecule has 0 amide bonds. The van der Waals surface area contributed by atoms with Crippen molar-refractivity contribution in [2.75, 3.05) is 0 Å². The van der Waals surface area contributed by atoms with Crippen LogP contribution in [0.1, 0.15) is 31.1 Å². The second-order valence-electron chi connectivity index (χ2n) is 4.57. The Morgan fingerprint density at radius 2 is 2.11 bits per heavy atom. The Morgan fingerprint density at radius 3 is 2.79 bits per heavy atom. The van der Waals surface area contributed by atoms with Gasteiger partial charge in [-0.1, -0.05) is 37.3 Å². The number of nitrogens with zero attached hydrogens (tertiary/aromatic N) is 1. The fraction of sp³-hybridized carbons (Fsp3) is 0.235. The Kier molecular flexibility index (Phi) is 4.00. The van der Waals surface area contributed by atoms with Crippen LogP contribution in [-0.4, -0.2) is 10.5 Å². The Balaban J connectivity index is 2.50.